The number of anilines is 1. The third-order valence-electron chi connectivity index (χ3n) is 2.44. The lowest BCUT2D eigenvalue weighted by Gasteiger charge is -2.12. The van der Waals surface area contributed by atoms with Gasteiger partial charge in [0.15, 0.2) is 0 Å². The van der Waals surface area contributed by atoms with Crippen molar-refractivity contribution in [2.45, 2.75) is 12.5 Å². The molecule has 1 aromatic carbocycles. The van der Waals surface area contributed by atoms with Crippen LogP contribution in [-0.2, 0) is 4.74 Å². The largest absolute Gasteiger partial charge is 0.379 e. The van der Waals surface area contributed by atoms with E-state index in [1.54, 1.807) is 18.2 Å². The van der Waals surface area contributed by atoms with E-state index in [2.05, 4.69) is 10.6 Å². The van der Waals surface area contributed by atoms with Crippen molar-refractivity contribution in [1.82, 2.24) is 5.32 Å². The molecule has 17 heavy (non-hydrogen) atoms. The first-order chi connectivity index (χ1) is 8.15. The quantitative estimate of drug-likeness (QED) is 0.871. The Labute approximate surface area is 109 Å². The van der Waals surface area contributed by atoms with Gasteiger partial charge in [-0.2, -0.15) is 0 Å². The summed E-state index contributed by atoms with van der Waals surface area (Å²) in [7, 11) is 0. The van der Waals surface area contributed by atoms with Gasteiger partial charge in [-0.15, -0.1) is 0 Å². The number of ether oxygens (including phenoxy) is 1. The molecule has 6 heteroatoms. The van der Waals surface area contributed by atoms with Crippen LogP contribution in [-0.4, -0.2) is 25.3 Å². The monoisotopic (exact) mass is 274 g/mol. The van der Waals surface area contributed by atoms with E-state index in [4.69, 9.17) is 27.9 Å². The summed E-state index contributed by atoms with van der Waals surface area (Å²) in [5.41, 5.74) is 0.535. The van der Waals surface area contributed by atoms with Gasteiger partial charge in [-0.1, -0.05) is 23.2 Å². The zero-order chi connectivity index (χ0) is 12.3. The third kappa shape index (κ3) is 3.49. The summed E-state index contributed by atoms with van der Waals surface area (Å²) < 4.78 is 5.16. The fourth-order valence-electron chi connectivity index (χ4n) is 1.58. The normalized spacial score (nSPS) is 19.1. The van der Waals surface area contributed by atoms with E-state index in [9.17, 15) is 4.79 Å². The first-order valence-corrected chi connectivity index (χ1v) is 6.01. The Morgan fingerprint density at radius 1 is 1.41 bits per heavy atom. The molecule has 1 atom stereocenters. The van der Waals surface area contributed by atoms with Gasteiger partial charge in [0.25, 0.3) is 0 Å². The summed E-state index contributed by atoms with van der Waals surface area (Å²) in [6, 6.07) is 4.69. The maximum Gasteiger partial charge on any atom is 0.319 e. The summed E-state index contributed by atoms with van der Waals surface area (Å²) in [4.78, 5) is 11.6. The highest BCUT2D eigenvalue weighted by atomic mass is 35.5. The van der Waals surface area contributed by atoms with Crippen LogP contribution in [0.5, 0.6) is 0 Å². The molecule has 0 aromatic heterocycles. The Bertz CT molecular complexity index is 420. The average molecular weight is 275 g/mol. The summed E-state index contributed by atoms with van der Waals surface area (Å²) in [5, 5.41) is 6.42. The summed E-state index contributed by atoms with van der Waals surface area (Å²) in [5.74, 6) is 0. The molecule has 0 saturated carbocycles. The number of hydrogen-bond donors (Lipinski definition) is 2. The van der Waals surface area contributed by atoms with Crippen molar-refractivity contribution in [3.63, 3.8) is 0 Å². The van der Waals surface area contributed by atoms with Crippen LogP contribution in [0.15, 0.2) is 18.2 Å². The molecule has 92 valence electrons. The fourth-order valence-corrected chi connectivity index (χ4v) is 2.04. The van der Waals surface area contributed by atoms with E-state index >= 15 is 0 Å². The Morgan fingerprint density at radius 2 is 2.24 bits per heavy atom. The van der Waals surface area contributed by atoms with E-state index < -0.39 is 0 Å². The zero-order valence-corrected chi connectivity index (χ0v) is 10.5. The number of hydrogen-bond acceptors (Lipinski definition) is 2. The van der Waals surface area contributed by atoms with Crippen molar-refractivity contribution < 1.29 is 9.53 Å². The molecule has 1 heterocycles. The van der Waals surface area contributed by atoms with Crippen LogP contribution in [0.25, 0.3) is 0 Å². The van der Waals surface area contributed by atoms with Crippen LogP contribution in [0, 0.1) is 0 Å². The molecule has 4 nitrogen and oxygen atoms in total. The van der Waals surface area contributed by atoms with E-state index in [0.29, 0.717) is 28.9 Å². The van der Waals surface area contributed by atoms with Crippen molar-refractivity contribution in [3.8, 4) is 0 Å². The van der Waals surface area contributed by atoms with Crippen LogP contribution >= 0.6 is 23.2 Å². The second-order valence-corrected chi connectivity index (χ2v) is 4.63. The Balaban J connectivity index is 1.93. The molecule has 1 aromatic rings. The average Bonchev–Trinajstić information content (AvgIpc) is 2.75. The minimum Gasteiger partial charge on any atom is -0.379 e. The maximum absolute atomic E-state index is 11.6. The van der Waals surface area contributed by atoms with Gasteiger partial charge in [0.05, 0.1) is 23.4 Å². The van der Waals surface area contributed by atoms with Gasteiger partial charge in [0.2, 0.25) is 0 Å². The third-order valence-corrected chi connectivity index (χ3v) is 2.99. The Kier molecular flexibility index (Phi) is 4.10. The smallest absolute Gasteiger partial charge is 0.319 e. The number of benzene rings is 1. The van der Waals surface area contributed by atoms with Gasteiger partial charge in [-0.3, -0.25) is 0 Å². The van der Waals surface area contributed by atoms with Crippen LogP contribution < -0.4 is 10.6 Å². The predicted molar refractivity (Wildman–Crippen MR) is 67.8 cm³/mol. The number of rotatable bonds is 2. The molecule has 1 aliphatic rings. The molecule has 1 aliphatic heterocycles. The molecule has 0 radical (unpaired) electrons. The van der Waals surface area contributed by atoms with Gasteiger partial charge >= 0.3 is 6.03 Å². The molecule has 0 spiro atoms. The molecule has 2 rings (SSSR count). The first-order valence-electron chi connectivity index (χ1n) is 5.25. The van der Waals surface area contributed by atoms with Crippen LogP contribution in [0.4, 0.5) is 10.5 Å². The zero-order valence-electron chi connectivity index (χ0n) is 9.00. The summed E-state index contributed by atoms with van der Waals surface area (Å²) in [6.07, 6.45) is 0.835. The lowest BCUT2D eigenvalue weighted by atomic mass is 10.3. The standard InChI is InChI=1S/C11H12Cl2N2O2/c12-7-1-2-10(9(13)5-7)15-11(16)14-8-3-4-17-6-8/h1-2,5,8H,3-4,6H2,(H2,14,15,16). The lowest BCUT2D eigenvalue weighted by Crippen LogP contribution is -2.38. The molecule has 0 bridgehead atoms. The molecule has 0 aliphatic carbocycles. The Hall–Kier alpha value is -0.970. The maximum atomic E-state index is 11.6. The molecular weight excluding hydrogens is 263 g/mol. The van der Waals surface area contributed by atoms with Gasteiger partial charge in [0.1, 0.15) is 0 Å². The number of nitrogens with one attached hydrogen (secondary N) is 2. The Morgan fingerprint density at radius 3 is 2.88 bits per heavy atom. The SMILES string of the molecule is O=C(Nc1ccc(Cl)cc1Cl)NC1CCOC1. The van der Waals surface area contributed by atoms with Gasteiger partial charge in [-0.05, 0) is 24.6 Å². The summed E-state index contributed by atoms with van der Waals surface area (Å²) in [6.45, 7) is 1.24. The number of carbonyl (C=O) groups is 1. The van der Waals surface area contributed by atoms with E-state index in [0.717, 1.165) is 6.42 Å². The number of amides is 2. The highest BCUT2D eigenvalue weighted by molar-refractivity contribution is 6.36. The molecule has 2 amide bonds. The fraction of sp³-hybridized carbons (Fsp3) is 0.364. The topological polar surface area (TPSA) is 50.4 Å². The minimum absolute atomic E-state index is 0.0704. The highest BCUT2D eigenvalue weighted by Gasteiger charge is 2.17. The number of urea groups is 1. The van der Waals surface area contributed by atoms with Crippen LogP contribution in [0.3, 0.4) is 0 Å². The van der Waals surface area contributed by atoms with Crippen molar-refractivity contribution >= 4 is 34.9 Å². The van der Waals surface area contributed by atoms with E-state index in [1.165, 1.54) is 0 Å². The van der Waals surface area contributed by atoms with Gasteiger partial charge in [0, 0.05) is 11.6 Å². The highest BCUT2D eigenvalue weighted by Crippen LogP contribution is 2.25. The molecule has 1 unspecified atom stereocenters. The van der Waals surface area contributed by atoms with Crippen LogP contribution in [0.1, 0.15) is 6.42 Å². The first kappa shape index (κ1) is 12.5. The molecule has 1 fully saturated rings. The lowest BCUT2D eigenvalue weighted by molar-refractivity contribution is 0.189. The van der Waals surface area contributed by atoms with Crippen molar-refractivity contribution in [2.75, 3.05) is 18.5 Å². The minimum atomic E-state index is -0.287. The number of carbonyl (C=O) groups excluding carboxylic acids is 1. The van der Waals surface area contributed by atoms with Gasteiger partial charge < -0.3 is 15.4 Å². The molecular formula is C11H12Cl2N2O2. The van der Waals surface area contributed by atoms with E-state index in [-0.39, 0.29) is 12.1 Å². The van der Waals surface area contributed by atoms with Crippen LogP contribution in [0.2, 0.25) is 10.0 Å². The molecule has 1 saturated heterocycles. The van der Waals surface area contributed by atoms with E-state index in [1.807, 2.05) is 0 Å². The van der Waals surface area contributed by atoms with Crippen molar-refractivity contribution in [2.24, 2.45) is 0 Å². The molecule has 2 N–H and O–H groups in total. The second kappa shape index (κ2) is 5.58. The summed E-state index contributed by atoms with van der Waals surface area (Å²) >= 11 is 11.7. The van der Waals surface area contributed by atoms with Crippen molar-refractivity contribution in [3.05, 3.63) is 28.2 Å². The second-order valence-electron chi connectivity index (χ2n) is 3.78. The number of halogens is 2. The van der Waals surface area contributed by atoms with Crippen molar-refractivity contribution in [1.29, 1.82) is 0 Å². The predicted octanol–water partition coefficient (Wildman–Crippen LogP) is 2.90. The van der Waals surface area contributed by atoms with Gasteiger partial charge in [-0.25, -0.2) is 4.79 Å².